The topological polar surface area (TPSA) is 44.5 Å². The van der Waals surface area contributed by atoms with Gasteiger partial charge in [0.15, 0.2) is 0 Å². The van der Waals surface area contributed by atoms with Gasteiger partial charge >= 0.3 is 0 Å². The van der Waals surface area contributed by atoms with Gasteiger partial charge in [-0.25, -0.2) is 0 Å². The summed E-state index contributed by atoms with van der Waals surface area (Å²) in [5.74, 6) is 1.78. The predicted molar refractivity (Wildman–Crippen MR) is 68.2 cm³/mol. The van der Waals surface area contributed by atoms with E-state index in [-0.39, 0.29) is 6.04 Å². The van der Waals surface area contributed by atoms with Crippen LogP contribution in [0.4, 0.5) is 0 Å². The molecule has 0 saturated carbocycles. The van der Waals surface area contributed by atoms with E-state index in [9.17, 15) is 0 Å². The van der Waals surface area contributed by atoms with Gasteiger partial charge in [0.25, 0.3) is 0 Å². The van der Waals surface area contributed by atoms with Gasteiger partial charge in [-0.05, 0) is 19.1 Å². The van der Waals surface area contributed by atoms with Crippen molar-refractivity contribution in [1.29, 1.82) is 0 Å². The molecule has 1 aromatic carbocycles. The molecule has 0 radical (unpaired) electrons. The molecule has 90 valence electrons. The number of methoxy groups -OCH3 is 2. The van der Waals surface area contributed by atoms with Gasteiger partial charge in [0, 0.05) is 29.4 Å². The number of thioether (sulfide) groups is 1. The summed E-state index contributed by atoms with van der Waals surface area (Å²) in [6.45, 7) is 2.71. The molecule has 1 aromatic rings. The molecule has 0 aliphatic carbocycles. The van der Waals surface area contributed by atoms with Gasteiger partial charge in [-0.3, -0.25) is 0 Å². The lowest BCUT2D eigenvalue weighted by molar-refractivity contribution is 0.218. The highest BCUT2D eigenvalue weighted by molar-refractivity contribution is 7.99. The van der Waals surface area contributed by atoms with Crippen LogP contribution < -0.4 is 10.5 Å². The van der Waals surface area contributed by atoms with Crippen molar-refractivity contribution in [3.63, 3.8) is 0 Å². The van der Waals surface area contributed by atoms with Crippen LogP contribution >= 0.6 is 11.8 Å². The fraction of sp³-hybridized carbons (Fsp3) is 0.500. The number of ether oxygens (including phenoxy) is 2. The Kier molecular flexibility index (Phi) is 5.66. The van der Waals surface area contributed by atoms with Crippen molar-refractivity contribution >= 4 is 11.8 Å². The van der Waals surface area contributed by atoms with Crippen molar-refractivity contribution < 1.29 is 9.47 Å². The minimum Gasteiger partial charge on any atom is -0.496 e. The first-order chi connectivity index (χ1) is 7.70. The second-order valence-corrected chi connectivity index (χ2v) is 4.64. The van der Waals surface area contributed by atoms with E-state index >= 15 is 0 Å². The molecule has 0 spiro atoms. The summed E-state index contributed by atoms with van der Waals surface area (Å²) in [6.07, 6.45) is 0. The third kappa shape index (κ3) is 3.40. The van der Waals surface area contributed by atoms with Crippen LogP contribution in [-0.4, -0.2) is 26.6 Å². The van der Waals surface area contributed by atoms with E-state index in [1.165, 1.54) is 4.90 Å². The van der Waals surface area contributed by atoms with E-state index in [4.69, 9.17) is 15.2 Å². The smallest absolute Gasteiger partial charge is 0.124 e. The predicted octanol–water partition coefficient (Wildman–Crippen LogP) is 2.45. The highest BCUT2D eigenvalue weighted by Gasteiger charge is 2.12. The van der Waals surface area contributed by atoms with Crippen LogP contribution in [0.3, 0.4) is 0 Å². The van der Waals surface area contributed by atoms with Crippen molar-refractivity contribution in [2.75, 3.05) is 26.6 Å². The average molecular weight is 241 g/mol. The van der Waals surface area contributed by atoms with Crippen molar-refractivity contribution in [3.8, 4) is 5.75 Å². The summed E-state index contributed by atoms with van der Waals surface area (Å²) in [5, 5.41) is 0. The van der Waals surface area contributed by atoms with Gasteiger partial charge < -0.3 is 15.2 Å². The number of nitrogens with two attached hydrogens (primary N) is 1. The maximum Gasteiger partial charge on any atom is 0.124 e. The van der Waals surface area contributed by atoms with E-state index in [2.05, 4.69) is 6.07 Å². The molecule has 1 rings (SSSR count). The van der Waals surface area contributed by atoms with E-state index < -0.39 is 0 Å². The molecule has 3 nitrogen and oxygen atoms in total. The lowest BCUT2D eigenvalue weighted by Crippen LogP contribution is -2.09. The third-order valence-corrected chi connectivity index (χ3v) is 3.28. The first-order valence-electron chi connectivity index (χ1n) is 5.25. The van der Waals surface area contributed by atoms with Crippen LogP contribution in [0.1, 0.15) is 18.5 Å². The normalized spacial score (nSPS) is 12.5. The van der Waals surface area contributed by atoms with E-state index in [0.717, 1.165) is 23.7 Å². The Morgan fingerprint density at radius 2 is 2.12 bits per heavy atom. The Hall–Kier alpha value is -0.710. The zero-order chi connectivity index (χ0) is 12.0. The van der Waals surface area contributed by atoms with Crippen molar-refractivity contribution in [2.24, 2.45) is 5.73 Å². The van der Waals surface area contributed by atoms with Crippen LogP contribution in [0, 0.1) is 0 Å². The monoisotopic (exact) mass is 241 g/mol. The first-order valence-corrected chi connectivity index (χ1v) is 6.23. The molecule has 4 heteroatoms. The van der Waals surface area contributed by atoms with E-state index in [1.807, 2.05) is 19.1 Å². The highest BCUT2D eigenvalue weighted by Crippen LogP contribution is 2.33. The summed E-state index contributed by atoms with van der Waals surface area (Å²) in [5.41, 5.74) is 7.05. The maximum atomic E-state index is 5.97. The van der Waals surface area contributed by atoms with Crippen molar-refractivity contribution in [1.82, 2.24) is 0 Å². The van der Waals surface area contributed by atoms with Crippen LogP contribution in [0.2, 0.25) is 0 Å². The standard InChI is InChI=1S/C12H19NO2S/c1-9(13)12-10(15-3)5-4-6-11(12)16-8-7-14-2/h4-6,9H,7-8,13H2,1-3H3/t9-/m0/s1. The number of hydrogen-bond acceptors (Lipinski definition) is 4. The summed E-state index contributed by atoms with van der Waals surface area (Å²) in [7, 11) is 3.38. The van der Waals surface area contributed by atoms with Crippen LogP contribution in [0.15, 0.2) is 23.1 Å². The number of benzene rings is 1. The Morgan fingerprint density at radius 1 is 1.38 bits per heavy atom. The molecule has 2 N–H and O–H groups in total. The summed E-state index contributed by atoms with van der Waals surface area (Å²) in [4.78, 5) is 1.17. The van der Waals surface area contributed by atoms with Gasteiger partial charge in [-0.1, -0.05) is 6.07 Å². The lowest BCUT2D eigenvalue weighted by Gasteiger charge is -2.16. The minimum atomic E-state index is -0.0267. The lowest BCUT2D eigenvalue weighted by atomic mass is 10.1. The SMILES string of the molecule is COCCSc1cccc(OC)c1[C@H](C)N. The zero-order valence-corrected chi connectivity index (χ0v) is 10.8. The molecule has 0 aromatic heterocycles. The highest BCUT2D eigenvalue weighted by atomic mass is 32.2. The maximum absolute atomic E-state index is 5.97. The van der Waals surface area contributed by atoms with Gasteiger partial charge in [0.05, 0.1) is 13.7 Å². The van der Waals surface area contributed by atoms with Crippen molar-refractivity contribution in [3.05, 3.63) is 23.8 Å². The number of rotatable bonds is 6. The zero-order valence-electron chi connectivity index (χ0n) is 10.0. The third-order valence-electron chi connectivity index (χ3n) is 2.25. The molecule has 0 aliphatic heterocycles. The molecule has 0 saturated heterocycles. The second-order valence-electron chi connectivity index (χ2n) is 3.50. The molecule has 0 bridgehead atoms. The molecular formula is C12H19NO2S. The van der Waals surface area contributed by atoms with Crippen LogP contribution in [0.5, 0.6) is 5.75 Å². The minimum absolute atomic E-state index is 0.0267. The van der Waals surface area contributed by atoms with Crippen LogP contribution in [0.25, 0.3) is 0 Å². The molecule has 0 amide bonds. The van der Waals surface area contributed by atoms with Gasteiger partial charge in [-0.2, -0.15) is 0 Å². The Labute approximate surface area is 101 Å². The molecule has 0 unspecified atom stereocenters. The Bertz CT molecular complexity index is 329. The molecule has 0 fully saturated rings. The molecule has 0 aliphatic rings. The molecule has 1 atom stereocenters. The quantitative estimate of drug-likeness (QED) is 0.614. The molecular weight excluding hydrogens is 222 g/mol. The van der Waals surface area contributed by atoms with E-state index in [1.54, 1.807) is 26.0 Å². The molecule has 0 heterocycles. The second kappa shape index (κ2) is 6.78. The largest absolute Gasteiger partial charge is 0.496 e. The Balaban J connectivity index is 2.89. The van der Waals surface area contributed by atoms with Gasteiger partial charge in [0.2, 0.25) is 0 Å². The first kappa shape index (κ1) is 13.4. The van der Waals surface area contributed by atoms with Crippen molar-refractivity contribution in [2.45, 2.75) is 17.9 Å². The fourth-order valence-corrected chi connectivity index (χ4v) is 2.60. The molecule has 16 heavy (non-hydrogen) atoms. The summed E-state index contributed by atoms with van der Waals surface area (Å²) < 4.78 is 10.4. The Morgan fingerprint density at radius 3 is 2.69 bits per heavy atom. The van der Waals surface area contributed by atoms with Gasteiger partial charge in [-0.15, -0.1) is 11.8 Å². The van der Waals surface area contributed by atoms with Gasteiger partial charge in [0.1, 0.15) is 5.75 Å². The summed E-state index contributed by atoms with van der Waals surface area (Å²) in [6, 6.07) is 5.97. The van der Waals surface area contributed by atoms with Crippen LogP contribution in [-0.2, 0) is 4.74 Å². The van der Waals surface area contributed by atoms with E-state index in [0.29, 0.717) is 0 Å². The summed E-state index contributed by atoms with van der Waals surface area (Å²) >= 11 is 1.74. The number of hydrogen-bond donors (Lipinski definition) is 1. The fourth-order valence-electron chi connectivity index (χ4n) is 1.51. The average Bonchev–Trinajstić information content (AvgIpc) is 2.28.